The van der Waals surface area contributed by atoms with Crippen LogP contribution in [0, 0.1) is 13.8 Å². The summed E-state index contributed by atoms with van der Waals surface area (Å²) in [7, 11) is 0. The third kappa shape index (κ3) is 4.39. The summed E-state index contributed by atoms with van der Waals surface area (Å²) < 4.78 is 0.812. The second-order valence-electron chi connectivity index (χ2n) is 6.85. The molecule has 0 aliphatic carbocycles. The van der Waals surface area contributed by atoms with Gasteiger partial charge < -0.3 is 10.2 Å². The highest BCUT2D eigenvalue weighted by molar-refractivity contribution is 8.01. The van der Waals surface area contributed by atoms with Crippen LogP contribution in [0.15, 0.2) is 40.1 Å². The molecular weight excluding hydrogens is 408 g/mol. The van der Waals surface area contributed by atoms with Gasteiger partial charge in [0, 0.05) is 17.1 Å². The molecule has 0 bridgehead atoms. The van der Waals surface area contributed by atoms with Crippen molar-refractivity contribution in [3.63, 3.8) is 0 Å². The fourth-order valence-corrected chi connectivity index (χ4v) is 5.84. The Morgan fingerprint density at radius 3 is 2.96 bits per heavy atom. The van der Waals surface area contributed by atoms with E-state index < -0.39 is 0 Å². The van der Waals surface area contributed by atoms with Gasteiger partial charge in [0.1, 0.15) is 0 Å². The van der Waals surface area contributed by atoms with E-state index >= 15 is 0 Å². The Kier molecular flexibility index (Phi) is 5.99. The number of amides is 1. The summed E-state index contributed by atoms with van der Waals surface area (Å²) in [6.07, 6.45) is 2.13. The van der Waals surface area contributed by atoms with Crippen molar-refractivity contribution in [3.05, 3.63) is 51.7 Å². The molecule has 146 valence electrons. The molecule has 0 spiro atoms. The number of nitrogens with one attached hydrogen (secondary N) is 1. The third-order valence-corrected chi connectivity index (χ3v) is 7.86. The van der Waals surface area contributed by atoms with E-state index in [-0.39, 0.29) is 11.9 Å². The Hall–Kier alpha value is -1.90. The molecule has 5 nitrogen and oxygen atoms in total. The van der Waals surface area contributed by atoms with Crippen molar-refractivity contribution in [2.45, 2.75) is 37.1 Å². The molecule has 28 heavy (non-hydrogen) atoms. The van der Waals surface area contributed by atoms with Crippen LogP contribution in [0.2, 0.25) is 0 Å². The predicted molar refractivity (Wildman–Crippen MR) is 118 cm³/mol. The molecule has 0 saturated carbocycles. The quantitative estimate of drug-likeness (QED) is 0.530. The lowest BCUT2D eigenvalue weighted by Crippen LogP contribution is -2.31. The average Bonchev–Trinajstić information content (AvgIpc) is 3.44. The molecule has 2 aromatic heterocycles. The topological polar surface area (TPSA) is 58.1 Å². The zero-order valence-electron chi connectivity index (χ0n) is 15.8. The van der Waals surface area contributed by atoms with Crippen molar-refractivity contribution >= 4 is 51.2 Å². The number of hydrogen-bond donors (Lipinski definition) is 1. The zero-order valence-corrected chi connectivity index (χ0v) is 18.3. The second-order valence-corrected chi connectivity index (χ2v) is 10.0. The Bertz CT molecular complexity index is 954. The maximum atomic E-state index is 12.7. The minimum absolute atomic E-state index is 0.180. The fraction of sp³-hybridized carbons (Fsp3) is 0.350. The van der Waals surface area contributed by atoms with Gasteiger partial charge in [-0.25, -0.2) is 0 Å². The first-order valence-electron chi connectivity index (χ1n) is 9.23. The van der Waals surface area contributed by atoms with Crippen LogP contribution in [0.1, 0.15) is 34.9 Å². The number of thiophene rings is 1. The molecule has 1 N–H and O–H groups in total. The summed E-state index contributed by atoms with van der Waals surface area (Å²) in [6, 6.07) is 10.7. The molecular formula is C20H22N4OS3. The number of thioether (sulfide) groups is 1. The highest BCUT2D eigenvalue weighted by Crippen LogP contribution is 2.35. The van der Waals surface area contributed by atoms with Gasteiger partial charge >= 0.3 is 0 Å². The largest absolute Gasteiger partial charge is 0.334 e. The van der Waals surface area contributed by atoms with Crippen LogP contribution < -0.4 is 5.32 Å². The van der Waals surface area contributed by atoms with Crippen molar-refractivity contribution in [2.75, 3.05) is 17.6 Å². The number of likely N-dealkylation sites (tertiary alicyclic amines) is 1. The lowest BCUT2D eigenvalue weighted by Gasteiger charge is -2.23. The van der Waals surface area contributed by atoms with Gasteiger partial charge in [0.05, 0.1) is 11.8 Å². The molecule has 4 rings (SSSR count). The lowest BCUT2D eigenvalue weighted by atomic mass is 10.1. The van der Waals surface area contributed by atoms with Crippen molar-refractivity contribution < 1.29 is 4.79 Å². The van der Waals surface area contributed by atoms with Crippen molar-refractivity contribution in [1.29, 1.82) is 0 Å². The van der Waals surface area contributed by atoms with E-state index in [4.69, 9.17) is 0 Å². The number of rotatable bonds is 6. The fourth-order valence-electron chi connectivity index (χ4n) is 3.31. The van der Waals surface area contributed by atoms with Crippen molar-refractivity contribution in [2.24, 2.45) is 0 Å². The molecule has 0 radical (unpaired) electrons. The first kappa shape index (κ1) is 19.4. The Morgan fingerprint density at radius 1 is 1.29 bits per heavy atom. The van der Waals surface area contributed by atoms with Crippen LogP contribution in [0.4, 0.5) is 10.8 Å². The van der Waals surface area contributed by atoms with Crippen LogP contribution in [-0.2, 0) is 4.79 Å². The molecule has 3 heterocycles. The number of carbonyl (C=O) groups is 1. The summed E-state index contributed by atoms with van der Waals surface area (Å²) in [5, 5.41) is 14.6. The van der Waals surface area contributed by atoms with E-state index in [0.29, 0.717) is 5.75 Å². The van der Waals surface area contributed by atoms with Crippen LogP contribution in [0.25, 0.3) is 0 Å². The summed E-state index contributed by atoms with van der Waals surface area (Å²) in [6.45, 7) is 5.03. The van der Waals surface area contributed by atoms with Gasteiger partial charge in [-0.15, -0.1) is 21.5 Å². The van der Waals surface area contributed by atoms with Crippen LogP contribution in [0.3, 0.4) is 0 Å². The molecule has 1 amide bonds. The minimum atomic E-state index is 0.180. The molecule has 1 atom stereocenters. The van der Waals surface area contributed by atoms with E-state index in [1.54, 1.807) is 11.3 Å². The summed E-state index contributed by atoms with van der Waals surface area (Å²) in [4.78, 5) is 16.0. The van der Waals surface area contributed by atoms with Crippen LogP contribution in [0.5, 0.6) is 0 Å². The van der Waals surface area contributed by atoms with Gasteiger partial charge in [-0.1, -0.05) is 35.2 Å². The second kappa shape index (κ2) is 8.63. The first-order chi connectivity index (χ1) is 13.6. The number of aromatic nitrogens is 2. The summed E-state index contributed by atoms with van der Waals surface area (Å²) >= 11 is 4.68. The number of nitrogens with zero attached hydrogens (tertiary/aromatic N) is 3. The maximum Gasteiger partial charge on any atom is 0.233 e. The summed E-state index contributed by atoms with van der Waals surface area (Å²) in [5.41, 5.74) is 3.50. The molecule has 3 aromatic rings. The number of benzene rings is 1. The Morgan fingerprint density at radius 2 is 2.18 bits per heavy atom. The van der Waals surface area contributed by atoms with Crippen LogP contribution >= 0.6 is 34.4 Å². The van der Waals surface area contributed by atoms with Crippen molar-refractivity contribution in [3.8, 4) is 0 Å². The number of hydrogen-bond acceptors (Lipinski definition) is 7. The smallest absolute Gasteiger partial charge is 0.233 e. The highest BCUT2D eigenvalue weighted by atomic mass is 32.2. The SMILES string of the molecule is Cc1ccc(Nc2nnc(SCC(=O)N3CCCC3c3cccs3)s2)cc1C. The Labute approximate surface area is 177 Å². The van der Waals surface area contributed by atoms with E-state index in [0.717, 1.165) is 34.5 Å². The average molecular weight is 431 g/mol. The zero-order chi connectivity index (χ0) is 19.5. The predicted octanol–water partition coefficient (Wildman–Crippen LogP) is 5.42. The van der Waals surface area contributed by atoms with E-state index in [2.05, 4.69) is 59.0 Å². The molecule has 8 heteroatoms. The van der Waals surface area contributed by atoms with Gasteiger partial charge in [-0.3, -0.25) is 4.79 Å². The van der Waals surface area contributed by atoms with Crippen molar-refractivity contribution in [1.82, 2.24) is 15.1 Å². The Balaban J connectivity index is 1.34. The summed E-state index contributed by atoms with van der Waals surface area (Å²) in [5.74, 6) is 0.583. The molecule has 1 aliphatic heterocycles. The van der Waals surface area contributed by atoms with Crippen LogP contribution in [-0.4, -0.2) is 33.3 Å². The minimum Gasteiger partial charge on any atom is -0.334 e. The number of carbonyl (C=O) groups excluding carboxylic acids is 1. The van der Waals surface area contributed by atoms with Gasteiger partial charge in [-0.2, -0.15) is 0 Å². The lowest BCUT2D eigenvalue weighted by molar-refractivity contribution is -0.129. The third-order valence-electron chi connectivity index (χ3n) is 4.93. The normalized spacial score (nSPS) is 16.5. The molecule has 1 aromatic carbocycles. The van der Waals surface area contributed by atoms with E-state index in [1.807, 2.05) is 11.0 Å². The first-order valence-corrected chi connectivity index (χ1v) is 11.9. The molecule has 1 saturated heterocycles. The highest BCUT2D eigenvalue weighted by Gasteiger charge is 2.30. The van der Waals surface area contributed by atoms with Gasteiger partial charge in [0.25, 0.3) is 0 Å². The molecule has 1 aliphatic rings. The molecule has 1 unspecified atom stereocenters. The number of aryl methyl sites for hydroxylation is 2. The maximum absolute atomic E-state index is 12.7. The van der Waals surface area contributed by atoms with Gasteiger partial charge in [0.15, 0.2) is 4.34 Å². The van der Waals surface area contributed by atoms with E-state index in [1.165, 1.54) is 39.1 Å². The monoisotopic (exact) mass is 430 g/mol. The number of anilines is 2. The molecule has 1 fully saturated rings. The van der Waals surface area contributed by atoms with E-state index in [9.17, 15) is 4.79 Å². The van der Waals surface area contributed by atoms with Gasteiger partial charge in [0.2, 0.25) is 11.0 Å². The standard InChI is InChI=1S/C20H22N4OS3/c1-13-7-8-15(11-14(13)2)21-19-22-23-20(28-19)27-12-18(25)24-9-3-5-16(24)17-6-4-10-26-17/h4,6-8,10-11,16H,3,5,9,12H2,1-2H3,(H,21,22). The van der Waals surface area contributed by atoms with Gasteiger partial charge in [-0.05, 0) is 61.4 Å².